The minimum Gasteiger partial charge on any atom is -0.274 e. The summed E-state index contributed by atoms with van der Waals surface area (Å²) in [6.07, 6.45) is 2.68. The Bertz CT molecular complexity index is 924. The third-order valence-corrected chi connectivity index (χ3v) is 4.47. The van der Waals surface area contributed by atoms with E-state index >= 15 is 0 Å². The number of carbonyl (C=O) groups is 1. The molecule has 2 aromatic carbocycles. The Morgan fingerprint density at radius 1 is 1.16 bits per heavy atom. The van der Waals surface area contributed by atoms with Crippen LogP contribution in [0.2, 0.25) is 0 Å². The van der Waals surface area contributed by atoms with Crippen LogP contribution in [0.25, 0.3) is 6.08 Å². The Balaban J connectivity index is 2.06. The van der Waals surface area contributed by atoms with Gasteiger partial charge >= 0.3 is 0 Å². The fourth-order valence-electron chi connectivity index (χ4n) is 1.91. The highest BCUT2D eigenvalue weighted by atomic mass is 32.2. The summed E-state index contributed by atoms with van der Waals surface area (Å²) in [5.74, 6) is -0.686. The minimum atomic E-state index is -4.13. The van der Waals surface area contributed by atoms with Crippen molar-refractivity contribution < 1.29 is 18.1 Å². The number of nitro groups is 1. The highest BCUT2D eigenvalue weighted by molar-refractivity contribution is 7.89. The first-order valence-electron chi connectivity index (χ1n) is 7.09. The molecule has 25 heavy (non-hydrogen) atoms. The van der Waals surface area contributed by atoms with Crippen LogP contribution in [0.3, 0.4) is 0 Å². The molecule has 0 aliphatic rings. The monoisotopic (exact) mass is 361 g/mol. The van der Waals surface area contributed by atoms with E-state index in [1.54, 1.807) is 24.3 Å². The van der Waals surface area contributed by atoms with Gasteiger partial charge in [-0.25, -0.2) is 8.42 Å². The molecule has 2 N–H and O–H groups in total. The van der Waals surface area contributed by atoms with E-state index in [-0.39, 0.29) is 10.6 Å². The third-order valence-electron chi connectivity index (χ3n) is 3.22. The number of amides is 1. The van der Waals surface area contributed by atoms with Crippen LogP contribution in [0.5, 0.6) is 0 Å². The van der Waals surface area contributed by atoms with Crippen LogP contribution in [0, 0.1) is 17.0 Å². The van der Waals surface area contributed by atoms with Crippen molar-refractivity contribution in [2.45, 2.75) is 11.8 Å². The maximum absolute atomic E-state index is 12.1. The number of carbonyl (C=O) groups excluding carboxylic acids is 1. The summed E-state index contributed by atoms with van der Waals surface area (Å²) in [6.45, 7) is 1.50. The molecule has 0 saturated carbocycles. The van der Waals surface area contributed by atoms with Gasteiger partial charge in [0.1, 0.15) is 0 Å². The smallest absolute Gasteiger partial charge is 0.273 e. The molecule has 0 atom stereocenters. The average molecular weight is 361 g/mol. The zero-order valence-corrected chi connectivity index (χ0v) is 14.0. The van der Waals surface area contributed by atoms with Crippen LogP contribution in [-0.4, -0.2) is 19.2 Å². The molecule has 1 amide bonds. The van der Waals surface area contributed by atoms with Gasteiger partial charge in [0.05, 0.1) is 9.82 Å². The van der Waals surface area contributed by atoms with E-state index in [1.807, 2.05) is 16.3 Å². The second-order valence-electron chi connectivity index (χ2n) is 5.04. The zero-order valence-electron chi connectivity index (χ0n) is 13.2. The first-order valence-corrected chi connectivity index (χ1v) is 8.58. The molecule has 0 spiro atoms. The quantitative estimate of drug-likeness (QED) is 0.463. The molecule has 0 radical (unpaired) electrons. The summed E-state index contributed by atoms with van der Waals surface area (Å²) < 4.78 is 24.2. The lowest BCUT2D eigenvalue weighted by atomic mass is 10.2. The van der Waals surface area contributed by atoms with Gasteiger partial charge in [-0.1, -0.05) is 36.4 Å². The number of hydrazine groups is 1. The van der Waals surface area contributed by atoms with Crippen molar-refractivity contribution in [3.63, 3.8) is 0 Å². The van der Waals surface area contributed by atoms with Gasteiger partial charge in [-0.2, -0.15) is 0 Å². The number of sulfonamides is 1. The largest absolute Gasteiger partial charge is 0.274 e. The summed E-state index contributed by atoms with van der Waals surface area (Å²) in [5, 5.41) is 10.9. The van der Waals surface area contributed by atoms with Gasteiger partial charge in [-0.05, 0) is 24.6 Å². The SMILES string of the molecule is Cc1ccc(S(=O)(=O)NNC(=O)/C=C/c2ccccc2)cc1[N+](=O)[O-]. The molecule has 2 aromatic rings. The summed E-state index contributed by atoms with van der Waals surface area (Å²) in [4.78, 5) is 23.5. The lowest BCUT2D eigenvalue weighted by Gasteiger charge is -2.07. The van der Waals surface area contributed by atoms with E-state index in [9.17, 15) is 23.3 Å². The average Bonchev–Trinajstić information content (AvgIpc) is 2.59. The van der Waals surface area contributed by atoms with Crippen molar-refractivity contribution >= 4 is 27.7 Å². The topological polar surface area (TPSA) is 118 Å². The Hall–Kier alpha value is -3.04. The molecule has 0 aliphatic heterocycles. The molecule has 9 heteroatoms. The Morgan fingerprint density at radius 3 is 2.48 bits per heavy atom. The molecule has 0 saturated heterocycles. The molecule has 2 rings (SSSR count). The summed E-state index contributed by atoms with van der Waals surface area (Å²) >= 11 is 0. The molecule has 130 valence electrons. The van der Waals surface area contributed by atoms with Crippen molar-refractivity contribution in [3.05, 3.63) is 75.8 Å². The van der Waals surface area contributed by atoms with Gasteiger partial charge in [0.15, 0.2) is 0 Å². The first-order chi connectivity index (χ1) is 11.8. The maximum atomic E-state index is 12.1. The van der Waals surface area contributed by atoms with E-state index in [1.165, 1.54) is 25.1 Å². The van der Waals surface area contributed by atoms with Gasteiger partial charge in [-0.3, -0.25) is 20.3 Å². The van der Waals surface area contributed by atoms with Crippen molar-refractivity contribution in [1.82, 2.24) is 10.3 Å². The summed E-state index contributed by atoms with van der Waals surface area (Å²) in [5.41, 5.74) is 2.81. The number of nitro benzene ring substituents is 1. The van der Waals surface area contributed by atoms with Crippen LogP contribution in [0.1, 0.15) is 11.1 Å². The van der Waals surface area contributed by atoms with Gasteiger partial charge in [0, 0.05) is 17.7 Å². The third kappa shape index (κ3) is 4.96. The number of aryl methyl sites for hydroxylation is 1. The molecular formula is C16H15N3O5S. The van der Waals surface area contributed by atoms with E-state index < -0.39 is 20.9 Å². The first kappa shape index (κ1) is 18.3. The van der Waals surface area contributed by atoms with Crippen molar-refractivity contribution in [2.75, 3.05) is 0 Å². The molecule has 8 nitrogen and oxygen atoms in total. The number of rotatable bonds is 6. The van der Waals surface area contributed by atoms with Crippen LogP contribution in [0.15, 0.2) is 59.5 Å². The zero-order chi connectivity index (χ0) is 18.4. The van der Waals surface area contributed by atoms with Crippen LogP contribution in [-0.2, 0) is 14.8 Å². The van der Waals surface area contributed by atoms with Gasteiger partial charge in [-0.15, -0.1) is 4.83 Å². The van der Waals surface area contributed by atoms with Crippen molar-refractivity contribution in [3.8, 4) is 0 Å². The van der Waals surface area contributed by atoms with Gasteiger partial charge in [0.25, 0.3) is 21.6 Å². The fraction of sp³-hybridized carbons (Fsp3) is 0.0625. The lowest BCUT2D eigenvalue weighted by Crippen LogP contribution is -2.40. The second kappa shape index (κ2) is 7.69. The van der Waals surface area contributed by atoms with E-state index in [0.717, 1.165) is 17.7 Å². The second-order valence-corrected chi connectivity index (χ2v) is 6.73. The molecule has 0 fully saturated rings. The molecule has 0 bridgehead atoms. The molecular weight excluding hydrogens is 346 g/mol. The van der Waals surface area contributed by atoms with Crippen LogP contribution >= 0.6 is 0 Å². The van der Waals surface area contributed by atoms with Crippen LogP contribution in [0.4, 0.5) is 5.69 Å². The summed E-state index contributed by atoms with van der Waals surface area (Å²) in [6, 6.07) is 12.4. The van der Waals surface area contributed by atoms with Crippen LogP contribution < -0.4 is 10.3 Å². The number of benzene rings is 2. The summed E-state index contributed by atoms with van der Waals surface area (Å²) in [7, 11) is -4.13. The maximum Gasteiger partial charge on any atom is 0.273 e. The number of nitrogens with zero attached hydrogens (tertiary/aromatic N) is 1. The molecule has 0 heterocycles. The number of hydrogen-bond donors (Lipinski definition) is 2. The van der Waals surface area contributed by atoms with E-state index in [0.29, 0.717) is 5.56 Å². The lowest BCUT2D eigenvalue weighted by molar-refractivity contribution is -0.385. The Labute approximate surface area is 144 Å². The van der Waals surface area contributed by atoms with E-state index in [2.05, 4.69) is 0 Å². The number of nitrogens with one attached hydrogen (secondary N) is 2. The highest BCUT2D eigenvalue weighted by Gasteiger charge is 2.20. The predicted octanol–water partition coefficient (Wildman–Crippen LogP) is 1.93. The fourth-order valence-corrected chi connectivity index (χ4v) is 2.77. The highest BCUT2D eigenvalue weighted by Crippen LogP contribution is 2.21. The van der Waals surface area contributed by atoms with Gasteiger partial charge < -0.3 is 0 Å². The predicted molar refractivity (Wildman–Crippen MR) is 91.8 cm³/mol. The molecule has 0 aromatic heterocycles. The Kier molecular flexibility index (Phi) is 5.63. The molecule has 0 unspecified atom stereocenters. The minimum absolute atomic E-state index is 0.321. The Morgan fingerprint density at radius 2 is 1.84 bits per heavy atom. The van der Waals surface area contributed by atoms with Crippen molar-refractivity contribution in [2.24, 2.45) is 0 Å². The number of hydrogen-bond acceptors (Lipinski definition) is 5. The van der Waals surface area contributed by atoms with Crippen molar-refractivity contribution in [1.29, 1.82) is 0 Å². The van der Waals surface area contributed by atoms with Gasteiger partial charge in [0.2, 0.25) is 0 Å². The van der Waals surface area contributed by atoms with E-state index in [4.69, 9.17) is 0 Å². The standard InChI is InChI=1S/C16H15N3O5S/c1-12-7-9-14(11-15(12)19(21)22)25(23,24)18-17-16(20)10-8-13-5-3-2-4-6-13/h2-11,18H,1H3,(H,17,20)/b10-8+. The molecule has 0 aliphatic carbocycles. The normalized spacial score (nSPS) is 11.4.